The predicted molar refractivity (Wildman–Crippen MR) is 113 cm³/mol. The van der Waals surface area contributed by atoms with Crippen LogP contribution in [0.15, 0.2) is 42.5 Å². The number of carbonyl (C=O) groups is 2. The van der Waals surface area contributed by atoms with Crippen molar-refractivity contribution in [3.63, 3.8) is 0 Å². The van der Waals surface area contributed by atoms with Crippen molar-refractivity contribution in [1.29, 1.82) is 0 Å². The number of fused-ring (bicyclic) bond motifs is 1. The summed E-state index contributed by atoms with van der Waals surface area (Å²) in [5.74, 6) is 1.52. The van der Waals surface area contributed by atoms with Gasteiger partial charge in [-0.3, -0.25) is 9.59 Å². The highest BCUT2D eigenvalue weighted by Gasteiger charge is 2.23. The zero-order valence-electron chi connectivity index (χ0n) is 17.0. The van der Waals surface area contributed by atoms with E-state index in [-0.39, 0.29) is 24.3 Å². The molecule has 0 aliphatic heterocycles. The van der Waals surface area contributed by atoms with Crippen molar-refractivity contribution >= 4 is 17.5 Å². The van der Waals surface area contributed by atoms with Gasteiger partial charge in [0.1, 0.15) is 11.5 Å². The van der Waals surface area contributed by atoms with Crippen LogP contribution in [0.5, 0.6) is 11.5 Å². The Hall–Kier alpha value is -3.02. The average molecular weight is 396 g/mol. The van der Waals surface area contributed by atoms with Gasteiger partial charge in [0, 0.05) is 18.7 Å². The summed E-state index contributed by atoms with van der Waals surface area (Å²) in [6.07, 6.45) is 3.58. The molecule has 1 aliphatic rings. The van der Waals surface area contributed by atoms with Gasteiger partial charge in [-0.25, -0.2) is 0 Å². The molecule has 0 saturated carbocycles. The number of anilines is 1. The molecule has 29 heavy (non-hydrogen) atoms. The number of amides is 2. The molecule has 1 atom stereocenters. The van der Waals surface area contributed by atoms with Gasteiger partial charge in [0.25, 0.3) is 5.91 Å². The summed E-state index contributed by atoms with van der Waals surface area (Å²) in [4.78, 5) is 24.0. The van der Waals surface area contributed by atoms with Crippen molar-refractivity contribution in [3.05, 3.63) is 53.6 Å². The van der Waals surface area contributed by atoms with Gasteiger partial charge in [-0.05, 0) is 79.6 Å². The predicted octanol–water partition coefficient (Wildman–Crippen LogP) is 3.66. The number of hydrogen-bond donors (Lipinski definition) is 2. The molecule has 2 N–H and O–H groups in total. The molecule has 0 heterocycles. The third-order valence-electron chi connectivity index (χ3n) is 5.10. The van der Waals surface area contributed by atoms with Crippen LogP contribution in [0.2, 0.25) is 0 Å². The molecule has 2 amide bonds. The van der Waals surface area contributed by atoms with Gasteiger partial charge in [-0.2, -0.15) is 0 Å². The van der Waals surface area contributed by atoms with E-state index in [2.05, 4.69) is 22.8 Å². The second-order valence-corrected chi connectivity index (χ2v) is 7.17. The normalized spacial score (nSPS) is 15.2. The number of benzene rings is 2. The van der Waals surface area contributed by atoms with Gasteiger partial charge in [-0.15, -0.1) is 0 Å². The molecule has 0 aromatic heterocycles. The van der Waals surface area contributed by atoms with Crippen molar-refractivity contribution in [2.45, 2.75) is 38.5 Å². The maximum absolute atomic E-state index is 12.6. The minimum Gasteiger partial charge on any atom is -0.497 e. The van der Waals surface area contributed by atoms with E-state index in [1.54, 1.807) is 31.4 Å². The van der Waals surface area contributed by atoms with Gasteiger partial charge in [-0.1, -0.05) is 6.07 Å². The minimum absolute atomic E-state index is 0.00494. The molecule has 1 unspecified atom stereocenters. The smallest absolute Gasteiger partial charge is 0.257 e. The van der Waals surface area contributed by atoms with Crippen LogP contribution in [0.4, 0.5) is 5.69 Å². The summed E-state index contributed by atoms with van der Waals surface area (Å²) in [5.41, 5.74) is 3.24. The summed E-state index contributed by atoms with van der Waals surface area (Å²) in [6, 6.07) is 13.2. The Morgan fingerprint density at radius 3 is 2.55 bits per heavy atom. The highest BCUT2D eigenvalue weighted by Crippen LogP contribution is 2.36. The number of hydrogen-bond acceptors (Lipinski definition) is 4. The van der Waals surface area contributed by atoms with E-state index in [0.717, 1.165) is 25.0 Å². The number of nitrogens with one attached hydrogen (secondary N) is 2. The fourth-order valence-electron chi connectivity index (χ4n) is 3.70. The molecule has 2 aromatic carbocycles. The summed E-state index contributed by atoms with van der Waals surface area (Å²) < 4.78 is 10.7. The first kappa shape index (κ1) is 20.7. The molecule has 6 heteroatoms. The highest BCUT2D eigenvalue weighted by molar-refractivity contribution is 5.91. The molecule has 154 valence electrons. The van der Waals surface area contributed by atoms with Crippen molar-refractivity contribution in [1.82, 2.24) is 5.32 Å². The standard InChI is InChI=1S/C23H28N2O4/c1-3-24-23(27)15-29-19-9-7-18(8-10-19)25-22(26)14-17-6-4-5-16-13-20(28-2)11-12-21(16)17/h7-13,17H,3-6,14-15H2,1-2H3,(H,24,27)(H,25,26). The maximum atomic E-state index is 12.6. The Morgan fingerprint density at radius 1 is 1.07 bits per heavy atom. The van der Waals surface area contributed by atoms with E-state index in [0.29, 0.717) is 24.4 Å². The van der Waals surface area contributed by atoms with Crippen molar-refractivity contribution in [2.75, 3.05) is 25.6 Å². The fraction of sp³-hybridized carbons (Fsp3) is 0.391. The van der Waals surface area contributed by atoms with Crippen LogP contribution in [0.3, 0.4) is 0 Å². The molecule has 0 bridgehead atoms. The van der Waals surface area contributed by atoms with Gasteiger partial charge < -0.3 is 20.1 Å². The molecule has 0 fully saturated rings. The summed E-state index contributed by atoms with van der Waals surface area (Å²) in [7, 11) is 1.67. The topological polar surface area (TPSA) is 76.7 Å². The SMILES string of the molecule is CCNC(=O)COc1ccc(NC(=O)CC2CCCc3cc(OC)ccc32)cc1. The second-order valence-electron chi connectivity index (χ2n) is 7.17. The highest BCUT2D eigenvalue weighted by atomic mass is 16.5. The number of rotatable bonds is 8. The molecule has 0 spiro atoms. The second kappa shape index (κ2) is 9.96. The Labute approximate surface area is 171 Å². The number of carbonyl (C=O) groups excluding carboxylic acids is 2. The molecule has 6 nitrogen and oxygen atoms in total. The molecule has 2 aromatic rings. The van der Waals surface area contributed by atoms with E-state index >= 15 is 0 Å². The lowest BCUT2D eigenvalue weighted by Gasteiger charge is -2.25. The molecule has 0 saturated heterocycles. The van der Waals surface area contributed by atoms with E-state index in [1.807, 2.05) is 13.0 Å². The monoisotopic (exact) mass is 396 g/mol. The van der Waals surface area contributed by atoms with Crippen molar-refractivity contribution in [2.24, 2.45) is 0 Å². The summed E-state index contributed by atoms with van der Waals surface area (Å²) >= 11 is 0. The van der Waals surface area contributed by atoms with Crippen LogP contribution in [0.1, 0.15) is 43.2 Å². The van der Waals surface area contributed by atoms with Crippen LogP contribution in [0, 0.1) is 0 Å². The number of methoxy groups -OCH3 is 1. The molecule has 0 radical (unpaired) electrons. The van der Waals surface area contributed by atoms with E-state index in [1.165, 1.54) is 11.1 Å². The lowest BCUT2D eigenvalue weighted by atomic mass is 9.81. The van der Waals surface area contributed by atoms with Crippen LogP contribution < -0.4 is 20.1 Å². The average Bonchev–Trinajstić information content (AvgIpc) is 2.73. The van der Waals surface area contributed by atoms with Gasteiger partial charge >= 0.3 is 0 Å². The molecular weight excluding hydrogens is 368 g/mol. The third-order valence-corrected chi connectivity index (χ3v) is 5.10. The lowest BCUT2D eigenvalue weighted by molar-refractivity contribution is -0.123. The van der Waals surface area contributed by atoms with E-state index in [4.69, 9.17) is 9.47 Å². The van der Waals surface area contributed by atoms with Crippen molar-refractivity contribution < 1.29 is 19.1 Å². The summed E-state index contributed by atoms with van der Waals surface area (Å²) in [5, 5.41) is 5.63. The molecule has 3 rings (SSSR count). The lowest BCUT2D eigenvalue weighted by Crippen LogP contribution is -2.28. The number of likely N-dealkylation sites (N-methyl/N-ethyl adjacent to an activating group) is 1. The number of ether oxygens (including phenoxy) is 2. The Balaban J connectivity index is 1.54. The zero-order chi connectivity index (χ0) is 20.6. The van der Waals surface area contributed by atoms with Crippen LogP contribution in [-0.4, -0.2) is 32.1 Å². The van der Waals surface area contributed by atoms with Crippen LogP contribution >= 0.6 is 0 Å². The fourth-order valence-corrected chi connectivity index (χ4v) is 3.70. The van der Waals surface area contributed by atoms with Gasteiger partial charge in [0.2, 0.25) is 5.91 Å². The largest absolute Gasteiger partial charge is 0.497 e. The van der Waals surface area contributed by atoms with Crippen LogP contribution in [0.25, 0.3) is 0 Å². The number of aryl methyl sites for hydroxylation is 1. The minimum atomic E-state index is -0.157. The molecular formula is C23H28N2O4. The van der Waals surface area contributed by atoms with E-state index in [9.17, 15) is 9.59 Å². The van der Waals surface area contributed by atoms with Crippen molar-refractivity contribution in [3.8, 4) is 11.5 Å². The Morgan fingerprint density at radius 2 is 1.83 bits per heavy atom. The summed E-state index contributed by atoms with van der Waals surface area (Å²) in [6.45, 7) is 2.41. The van der Waals surface area contributed by atoms with Gasteiger partial charge in [0.05, 0.1) is 7.11 Å². The third kappa shape index (κ3) is 5.73. The first-order valence-corrected chi connectivity index (χ1v) is 10.0. The first-order valence-electron chi connectivity index (χ1n) is 10.0. The Bertz CT molecular complexity index is 848. The van der Waals surface area contributed by atoms with Gasteiger partial charge in [0.15, 0.2) is 6.61 Å². The molecule has 1 aliphatic carbocycles. The first-order chi connectivity index (χ1) is 14.1. The van der Waals surface area contributed by atoms with E-state index < -0.39 is 0 Å². The Kier molecular flexibility index (Phi) is 7.11. The van der Waals surface area contributed by atoms with Crippen LogP contribution in [-0.2, 0) is 16.0 Å². The maximum Gasteiger partial charge on any atom is 0.257 e. The quantitative estimate of drug-likeness (QED) is 0.714. The zero-order valence-corrected chi connectivity index (χ0v) is 17.0.